The van der Waals surface area contributed by atoms with Crippen molar-refractivity contribution < 1.29 is 14.4 Å². The molecule has 2 aromatic heterocycles. The highest BCUT2D eigenvalue weighted by Crippen LogP contribution is 2.20. The van der Waals surface area contributed by atoms with Crippen molar-refractivity contribution in [1.29, 1.82) is 0 Å². The molecule has 2 N–H and O–H groups in total. The summed E-state index contributed by atoms with van der Waals surface area (Å²) in [5.74, 6) is 0.749. The quantitative estimate of drug-likeness (QED) is 0.675. The van der Waals surface area contributed by atoms with Gasteiger partial charge in [0, 0.05) is 19.2 Å². The van der Waals surface area contributed by atoms with Gasteiger partial charge in [-0.25, -0.2) is 0 Å². The molecule has 1 amide bonds. The third-order valence-electron chi connectivity index (χ3n) is 4.50. The van der Waals surface area contributed by atoms with Gasteiger partial charge in [0.2, 0.25) is 5.95 Å². The number of para-hydroxylation sites is 1. The number of rotatable bonds is 4. The molecule has 0 unspecified atom stereocenters. The van der Waals surface area contributed by atoms with Crippen molar-refractivity contribution in [2.45, 2.75) is 25.5 Å². The fraction of sp³-hybridized carbons (Fsp3) is 0.353. The number of aliphatic hydroxyl groups excluding tert-OH is 1. The number of carbonyl (C=O) groups is 1. The Labute approximate surface area is 154 Å². The number of aromatic nitrogens is 5. The van der Waals surface area contributed by atoms with Crippen LogP contribution in [0.3, 0.4) is 0 Å². The first kappa shape index (κ1) is 17.2. The summed E-state index contributed by atoms with van der Waals surface area (Å²) in [5, 5.41) is 28.9. The van der Waals surface area contributed by atoms with Crippen LogP contribution in [0.4, 0.5) is 5.95 Å². The van der Waals surface area contributed by atoms with Gasteiger partial charge in [-0.3, -0.25) is 4.79 Å². The summed E-state index contributed by atoms with van der Waals surface area (Å²) in [4.78, 5) is 14.1. The van der Waals surface area contributed by atoms with Gasteiger partial charge in [-0.15, -0.1) is 0 Å². The first-order valence-electron chi connectivity index (χ1n) is 8.63. The number of aryl methyl sites for hydroxylation is 1. The van der Waals surface area contributed by atoms with E-state index in [0.717, 1.165) is 5.69 Å². The fourth-order valence-electron chi connectivity index (χ4n) is 3.11. The highest BCUT2D eigenvalue weighted by Gasteiger charge is 2.32. The number of amides is 1. The zero-order valence-corrected chi connectivity index (χ0v) is 14.7. The smallest absolute Gasteiger partial charge is 0.273 e. The van der Waals surface area contributed by atoms with Crippen molar-refractivity contribution in [2.24, 2.45) is 0 Å². The maximum Gasteiger partial charge on any atom is 0.273 e. The number of anilines is 1. The van der Waals surface area contributed by atoms with Gasteiger partial charge in [0.15, 0.2) is 5.69 Å². The van der Waals surface area contributed by atoms with E-state index in [9.17, 15) is 9.90 Å². The van der Waals surface area contributed by atoms with Gasteiger partial charge < -0.3 is 19.8 Å². The number of carbonyl (C=O) groups excluding carboxylic acids is 1. The van der Waals surface area contributed by atoms with Crippen molar-refractivity contribution in [3.63, 3.8) is 0 Å². The fourth-order valence-corrected chi connectivity index (χ4v) is 3.11. The van der Waals surface area contributed by atoms with E-state index in [1.165, 1.54) is 0 Å². The molecule has 0 radical (unpaired) electrons. The minimum absolute atomic E-state index is 0.204. The number of benzene rings is 1. The molecule has 2 atom stereocenters. The second-order valence-corrected chi connectivity index (χ2v) is 6.43. The average molecular weight is 369 g/mol. The number of tetrazole rings is 1. The second kappa shape index (κ2) is 7.16. The molecule has 3 heterocycles. The van der Waals surface area contributed by atoms with E-state index in [0.29, 0.717) is 31.2 Å². The maximum atomic E-state index is 12.2. The Bertz CT molecular complexity index is 924. The zero-order valence-electron chi connectivity index (χ0n) is 14.7. The molecule has 0 saturated carbocycles. The lowest BCUT2D eigenvalue weighted by atomic mass is 10.0. The molecule has 0 aliphatic carbocycles. The predicted molar refractivity (Wildman–Crippen MR) is 94.5 cm³/mol. The number of piperidine rings is 1. The number of aliphatic hydroxyl groups is 1. The van der Waals surface area contributed by atoms with E-state index in [-0.39, 0.29) is 17.6 Å². The van der Waals surface area contributed by atoms with Gasteiger partial charge >= 0.3 is 0 Å². The van der Waals surface area contributed by atoms with Crippen LogP contribution in [0.1, 0.15) is 22.7 Å². The standard InChI is InChI=1S/C17H19N7O3/c1-11-9-14(20-27-11)16(26)18-13-7-8-23(10-15(13)25)17-19-21-22-24(17)12-5-3-2-4-6-12/h2-6,9,13,15,25H,7-8,10H2,1H3,(H,18,26)/t13-,15-/m1/s1. The topological polar surface area (TPSA) is 122 Å². The lowest BCUT2D eigenvalue weighted by Crippen LogP contribution is -2.54. The summed E-state index contributed by atoms with van der Waals surface area (Å²) in [6.45, 7) is 2.61. The van der Waals surface area contributed by atoms with Crippen molar-refractivity contribution in [1.82, 2.24) is 30.7 Å². The molecule has 1 saturated heterocycles. The first-order chi connectivity index (χ1) is 13.1. The largest absolute Gasteiger partial charge is 0.389 e. The average Bonchev–Trinajstić information content (AvgIpc) is 3.33. The molecule has 10 heteroatoms. The number of nitrogens with zero attached hydrogens (tertiary/aromatic N) is 6. The molecule has 1 fully saturated rings. The van der Waals surface area contributed by atoms with Gasteiger partial charge in [-0.1, -0.05) is 28.5 Å². The Kier molecular flexibility index (Phi) is 4.55. The molecule has 0 bridgehead atoms. The van der Waals surface area contributed by atoms with Crippen LogP contribution in [0.25, 0.3) is 5.69 Å². The summed E-state index contributed by atoms with van der Waals surface area (Å²) in [6.07, 6.45) is -0.220. The third kappa shape index (κ3) is 3.51. The zero-order chi connectivity index (χ0) is 18.8. The molecule has 140 valence electrons. The molecular formula is C17H19N7O3. The Morgan fingerprint density at radius 2 is 2.15 bits per heavy atom. The van der Waals surface area contributed by atoms with E-state index >= 15 is 0 Å². The molecular weight excluding hydrogens is 350 g/mol. The van der Waals surface area contributed by atoms with Crippen molar-refractivity contribution in [2.75, 3.05) is 18.0 Å². The second-order valence-electron chi connectivity index (χ2n) is 6.43. The van der Waals surface area contributed by atoms with Crippen LogP contribution in [0.5, 0.6) is 0 Å². The van der Waals surface area contributed by atoms with Crippen molar-refractivity contribution in [3.8, 4) is 5.69 Å². The lowest BCUT2D eigenvalue weighted by molar-refractivity contribution is 0.0788. The van der Waals surface area contributed by atoms with Crippen LogP contribution < -0.4 is 10.2 Å². The van der Waals surface area contributed by atoms with Gasteiger partial charge in [-0.05, 0) is 35.9 Å². The molecule has 1 aliphatic heterocycles. The van der Waals surface area contributed by atoms with Gasteiger partial charge in [-0.2, -0.15) is 4.68 Å². The van der Waals surface area contributed by atoms with Crippen LogP contribution in [0.15, 0.2) is 40.9 Å². The Morgan fingerprint density at radius 3 is 2.85 bits per heavy atom. The molecule has 4 rings (SSSR count). The SMILES string of the molecule is Cc1cc(C(=O)N[C@@H]2CCN(c3nnnn3-c3ccccc3)C[C@H]2O)no1. The van der Waals surface area contributed by atoms with Crippen LogP contribution in [-0.2, 0) is 0 Å². The summed E-state index contributed by atoms with van der Waals surface area (Å²) in [5.41, 5.74) is 1.04. The number of nitrogens with one attached hydrogen (secondary N) is 1. The molecule has 1 aliphatic rings. The Morgan fingerprint density at radius 1 is 1.33 bits per heavy atom. The summed E-state index contributed by atoms with van der Waals surface area (Å²) >= 11 is 0. The highest BCUT2D eigenvalue weighted by atomic mass is 16.5. The van der Waals surface area contributed by atoms with Crippen molar-refractivity contribution >= 4 is 11.9 Å². The highest BCUT2D eigenvalue weighted by molar-refractivity contribution is 5.92. The third-order valence-corrected chi connectivity index (χ3v) is 4.50. The lowest BCUT2D eigenvalue weighted by Gasteiger charge is -2.36. The number of hydrogen-bond donors (Lipinski definition) is 2. The molecule has 3 aromatic rings. The Balaban J connectivity index is 1.44. The van der Waals surface area contributed by atoms with E-state index < -0.39 is 6.10 Å². The van der Waals surface area contributed by atoms with E-state index in [2.05, 4.69) is 26.0 Å². The summed E-state index contributed by atoms with van der Waals surface area (Å²) in [7, 11) is 0. The minimum atomic E-state index is -0.767. The van der Waals surface area contributed by atoms with Crippen LogP contribution >= 0.6 is 0 Å². The molecule has 0 spiro atoms. The minimum Gasteiger partial charge on any atom is -0.389 e. The van der Waals surface area contributed by atoms with Gasteiger partial charge in [0.25, 0.3) is 5.91 Å². The molecule has 1 aromatic carbocycles. The Hall–Kier alpha value is -3.27. The van der Waals surface area contributed by atoms with Crippen LogP contribution in [0.2, 0.25) is 0 Å². The predicted octanol–water partition coefficient (Wildman–Crippen LogP) is 0.328. The summed E-state index contributed by atoms with van der Waals surface area (Å²) in [6, 6.07) is 10.7. The van der Waals surface area contributed by atoms with E-state index in [1.54, 1.807) is 17.7 Å². The van der Waals surface area contributed by atoms with Crippen LogP contribution in [-0.4, -0.2) is 61.6 Å². The van der Waals surface area contributed by atoms with Crippen LogP contribution in [0, 0.1) is 6.92 Å². The first-order valence-corrected chi connectivity index (χ1v) is 8.63. The van der Waals surface area contributed by atoms with E-state index in [1.807, 2.05) is 35.2 Å². The normalized spacial score (nSPS) is 19.9. The van der Waals surface area contributed by atoms with Gasteiger partial charge in [0.05, 0.1) is 17.8 Å². The van der Waals surface area contributed by atoms with Gasteiger partial charge in [0.1, 0.15) is 5.76 Å². The number of hydrogen-bond acceptors (Lipinski definition) is 8. The number of β-amino-alcohol motifs (C(OH)–C–C–N with tert-alkyl or cyclic N) is 1. The molecule has 10 nitrogen and oxygen atoms in total. The van der Waals surface area contributed by atoms with Crippen molar-refractivity contribution in [3.05, 3.63) is 47.9 Å². The monoisotopic (exact) mass is 369 g/mol. The van der Waals surface area contributed by atoms with E-state index in [4.69, 9.17) is 4.52 Å². The molecule has 27 heavy (non-hydrogen) atoms. The maximum absolute atomic E-state index is 12.2. The summed E-state index contributed by atoms with van der Waals surface area (Å²) < 4.78 is 6.55.